The van der Waals surface area contributed by atoms with Gasteiger partial charge in [0, 0.05) is 18.6 Å². The Hall–Kier alpha value is -0.0800. The predicted octanol–water partition coefficient (Wildman–Crippen LogP) is 2.96. The number of hydrogen-bond donors (Lipinski definition) is 1. The first-order chi connectivity index (χ1) is 8.71. The molecule has 5 rings (SSSR count). The SMILES string of the molecule is NCC1(CC23CC4CC(CC(C4)C2)C3)CCOC1. The van der Waals surface area contributed by atoms with Gasteiger partial charge in [0.25, 0.3) is 0 Å². The fraction of sp³-hybridized carbons (Fsp3) is 1.00. The molecule has 5 aliphatic rings. The van der Waals surface area contributed by atoms with Crippen molar-refractivity contribution < 1.29 is 4.74 Å². The Kier molecular flexibility index (Phi) is 2.58. The molecule has 1 unspecified atom stereocenters. The van der Waals surface area contributed by atoms with Gasteiger partial charge in [-0.05, 0) is 74.5 Å². The smallest absolute Gasteiger partial charge is 0.0535 e. The van der Waals surface area contributed by atoms with Crippen molar-refractivity contribution >= 4 is 0 Å². The van der Waals surface area contributed by atoms with Gasteiger partial charge in [0.2, 0.25) is 0 Å². The van der Waals surface area contributed by atoms with Crippen molar-refractivity contribution in [2.75, 3.05) is 19.8 Å². The maximum Gasteiger partial charge on any atom is 0.0535 e. The van der Waals surface area contributed by atoms with Crippen LogP contribution in [0.15, 0.2) is 0 Å². The Morgan fingerprint density at radius 1 is 1.00 bits per heavy atom. The van der Waals surface area contributed by atoms with Crippen LogP contribution < -0.4 is 5.73 Å². The van der Waals surface area contributed by atoms with Crippen LogP contribution in [0.25, 0.3) is 0 Å². The van der Waals surface area contributed by atoms with Gasteiger partial charge in [-0.1, -0.05) is 0 Å². The van der Waals surface area contributed by atoms with E-state index in [1.165, 1.54) is 32.1 Å². The van der Waals surface area contributed by atoms with Crippen LogP contribution in [0.1, 0.15) is 51.4 Å². The van der Waals surface area contributed by atoms with E-state index in [1.807, 2.05) is 0 Å². The first-order valence-corrected chi connectivity index (χ1v) is 7.99. The van der Waals surface area contributed by atoms with Crippen LogP contribution in [0.3, 0.4) is 0 Å². The highest BCUT2D eigenvalue weighted by molar-refractivity contribution is 5.04. The van der Waals surface area contributed by atoms with Gasteiger partial charge in [-0.15, -0.1) is 0 Å². The van der Waals surface area contributed by atoms with E-state index in [4.69, 9.17) is 10.5 Å². The van der Waals surface area contributed by atoms with Crippen molar-refractivity contribution in [1.29, 1.82) is 0 Å². The van der Waals surface area contributed by atoms with Crippen molar-refractivity contribution in [3.8, 4) is 0 Å². The Morgan fingerprint density at radius 2 is 1.61 bits per heavy atom. The molecule has 0 aromatic carbocycles. The van der Waals surface area contributed by atoms with Gasteiger partial charge >= 0.3 is 0 Å². The van der Waals surface area contributed by atoms with E-state index in [-0.39, 0.29) is 0 Å². The third-order valence-electron chi connectivity index (χ3n) is 6.53. The molecule has 18 heavy (non-hydrogen) atoms. The normalized spacial score (nSPS) is 54.2. The number of ether oxygens (including phenoxy) is 1. The molecule has 0 aromatic heterocycles. The molecular formula is C16H27NO. The van der Waals surface area contributed by atoms with E-state index >= 15 is 0 Å². The van der Waals surface area contributed by atoms with Crippen LogP contribution in [0.4, 0.5) is 0 Å². The van der Waals surface area contributed by atoms with Crippen molar-refractivity contribution in [2.45, 2.75) is 51.4 Å². The lowest BCUT2D eigenvalue weighted by atomic mass is 9.47. The average molecular weight is 249 g/mol. The second-order valence-corrected chi connectivity index (χ2v) is 8.10. The maximum atomic E-state index is 6.12. The molecule has 0 spiro atoms. The second-order valence-electron chi connectivity index (χ2n) is 8.10. The van der Waals surface area contributed by atoms with Crippen LogP contribution in [0.5, 0.6) is 0 Å². The number of rotatable bonds is 3. The molecule has 2 heteroatoms. The predicted molar refractivity (Wildman–Crippen MR) is 72.1 cm³/mol. The molecule has 5 fully saturated rings. The summed E-state index contributed by atoms with van der Waals surface area (Å²) in [7, 11) is 0. The van der Waals surface area contributed by atoms with Gasteiger partial charge in [0.05, 0.1) is 6.61 Å². The highest BCUT2D eigenvalue weighted by atomic mass is 16.5. The van der Waals surface area contributed by atoms with E-state index < -0.39 is 0 Å². The third kappa shape index (κ3) is 1.76. The molecule has 0 radical (unpaired) electrons. The summed E-state index contributed by atoms with van der Waals surface area (Å²) >= 11 is 0. The van der Waals surface area contributed by atoms with Crippen LogP contribution in [-0.2, 0) is 4.74 Å². The summed E-state index contributed by atoms with van der Waals surface area (Å²) in [6.45, 7) is 2.73. The lowest BCUT2D eigenvalue weighted by Gasteiger charge is -2.58. The highest BCUT2D eigenvalue weighted by Gasteiger charge is 2.53. The number of hydrogen-bond acceptors (Lipinski definition) is 2. The molecule has 1 aliphatic heterocycles. The first kappa shape index (κ1) is 11.7. The van der Waals surface area contributed by atoms with Gasteiger partial charge in [-0.3, -0.25) is 0 Å². The molecule has 4 aliphatic carbocycles. The summed E-state index contributed by atoms with van der Waals surface area (Å²) in [4.78, 5) is 0. The molecule has 1 atom stereocenters. The van der Waals surface area contributed by atoms with Crippen LogP contribution in [0, 0.1) is 28.6 Å². The van der Waals surface area contributed by atoms with E-state index in [2.05, 4.69) is 0 Å². The van der Waals surface area contributed by atoms with Crippen molar-refractivity contribution in [3.05, 3.63) is 0 Å². The van der Waals surface area contributed by atoms with Crippen molar-refractivity contribution in [1.82, 2.24) is 0 Å². The standard InChI is InChI=1S/C16H27NO/c17-10-15(1-2-18-11-15)9-16-6-12-3-13(7-16)5-14(4-12)8-16/h12-14H,1-11,17H2. The molecule has 0 aromatic rings. The Bertz CT molecular complexity index is 297. The largest absolute Gasteiger partial charge is 0.381 e. The molecule has 102 valence electrons. The summed E-state index contributed by atoms with van der Waals surface area (Å²) < 4.78 is 5.69. The molecule has 2 nitrogen and oxygen atoms in total. The minimum Gasteiger partial charge on any atom is -0.381 e. The molecule has 4 bridgehead atoms. The van der Waals surface area contributed by atoms with E-state index in [0.717, 1.165) is 37.5 Å². The van der Waals surface area contributed by atoms with Crippen molar-refractivity contribution in [3.63, 3.8) is 0 Å². The highest BCUT2D eigenvalue weighted by Crippen LogP contribution is 2.63. The molecule has 0 amide bonds. The minimum atomic E-state index is 0.339. The van der Waals surface area contributed by atoms with Crippen LogP contribution in [-0.4, -0.2) is 19.8 Å². The lowest BCUT2D eigenvalue weighted by molar-refractivity contribution is -0.0780. The third-order valence-corrected chi connectivity index (χ3v) is 6.53. The van der Waals surface area contributed by atoms with Gasteiger partial charge in [-0.25, -0.2) is 0 Å². The Balaban J connectivity index is 1.56. The Labute approximate surface area is 111 Å². The zero-order valence-corrected chi connectivity index (χ0v) is 11.5. The summed E-state index contributed by atoms with van der Waals surface area (Å²) in [6.07, 6.45) is 11.8. The van der Waals surface area contributed by atoms with Gasteiger partial charge < -0.3 is 10.5 Å². The topological polar surface area (TPSA) is 35.2 Å². The van der Waals surface area contributed by atoms with Crippen molar-refractivity contribution in [2.24, 2.45) is 34.3 Å². The second kappa shape index (κ2) is 3.96. The van der Waals surface area contributed by atoms with Gasteiger partial charge in [-0.2, -0.15) is 0 Å². The minimum absolute atomic E-state index is 0.339. The molecule has 4 saturated carbocycles. The van der Waals surface area contributed by atoms with E-state index in [1.54, 1.807) is 19.3 Å². The quantitative estimate of drug-likeness (QED) is 0.834. The molecule has 1 heterocycles. The zero-order chi connectivity index (χ0) is 12.2. The molecular weight excluding hydrogens is 222 g/mol. The summed E-state index contributed by atoms with van der Waals surface area (Å²) in [5.41, 5.74) is 7.13. The summed E-state index contributed by atoms with van der Waals surface area (Å²) in [6, 6.07) is 0. The van der Waals surface area contributed by atoms with Gasteiger partial charge in [0.15, 0.2) is 0 Å². The van der Waals surface area contributed by atoms with E-state index in [0.29, 0.717) is 10.8 Å². The zero-order valence-electron chi connectivity index (χ0n) is 11.5. The number of nitrogens with two attached hydrogens (primary N) is 1. The summed E-state index contributed by atoms with van der Waals surface area (Å²) in [5, 5.41) is 0. The van der Waals surface area contributed by atoms with Crippen LogP contribution in [0.2, 0.25) is 0 Å². The lowest BCUT2D eigenvalue weighted by Crippen LogP contribution is -2.49. The molecule has 1 saturated heterocycles. The maximum absolute atomic E-state index is 6.12. The Morgan fingerprint density at radius 3 is 2.06 bits per heavy atom. The fourth-order valence-electron chi connectivity index (χ4n) is 6.32. The summed E-state index contributed by atoms with van der Waals surface area (Å²) in [5.74, 6) is 3.19. The molecule has 2 N–H and O–H groups in total. The first-order valence-electron chi connectivity index (χ1n) is 7.99. The fourth-order valence-corrected chi connectivity index (χ4v) is 6.32. The van der Waals surface area contributed by atoms with Gasteiger partial charge in [0.1, 0.15) is 0 Å². The van der Waals surface area contributed by atoms with E-state index in [9.17, 15) is 0 Å². The van der Waals surface area contributed by atoms with Crippen LogP contribution >= 0.6 is 0 Å². The average Bonchev–Trinajstić information content (AvgIpc) is 2.75. The monoisotopic (exact) mass is 249 g/mol.